The topological polar surface area (TPSA) is 20.3 Å². The maximum absolute atomic E-state index is 11.8. The van der Waals surface area contributed by atoms with Crippen molar-refractivity contribution in [1.82, 2.24) is 0 Å². The molecule has 0 spiro atoms. The number of nitrogens with zero attached hydrogens (tertiary/aromatic N) is 1. The molecule has 0 aromatic heterocycles. The number of hydrogen-bond donors (Lipinski definition) is 0. The van der Waals surface area contributed by atoms with Crippen molar-refractivity contribution < 1.29 is 4.79 Å². The van der Waals surface area contributed by atoms with Crippen LogP contribution in [0.15, 0.2) is 22.7 Å². The van der Waals surface area contributed by atoms with Gasteiger partial charge in [0.15, 0.2) is 0 Å². The van der Waals surface area contributed by atoms with Gasteiger partial charge in [0, 0.05) is 23.1 Å². The van der Waals surface area contributed by atoms with Crippen molar-refractivity contribution in [3.05, 3.63) is 28.2 Å². The van der Waals surface area contributed by atoms with Crippen LogP contribution in [0.3, 0.4) is 0 Å². The zero-order valence-corrected chi connectivity index (χ0v) is 10.4. The summed E-state index contributed by atoms with van der Waals surface area (Å²) in [5.74, 6) is 0.245. The van der Waals surface area contributed by atoms with Crippen molar-refractivity contribution in [3.63, 3.8) is 0 Å². The molecule has 2 rings (SSSR count). The quantitative estimate of drug-likeness (QED) is 0.766. The maximum Gasteiger partial charge on any atom is 0.226 e. The lowest BCUT2D eigenvalue weighted by molar-refractivity contribution is -0.118. The Bertz CT molecular complexity index is 389. The zero-order valence-electron chi connectivity index (χ0n) is 8.79. The molecule has 0 unspecified atom stereocenters. The lowest BCUT2D eigenvalue weighted by atomic mass is 10.1. The Labute approximate surface area is 98.4 Å². The van der Waals surface area contributed by atoms with Crippen LogP contribution in [0, 0.1) is 0 Å². The molecule has 1 aliphatic rings. The largest absolute Gasteiger partial charge is 0.312 e. The van der Waals surface area contributed by atoms with E-state index in [1.54, 1.807) is 0 Å². The van der Waals surface area contributed by atoms with E-state index in [1.165, 1.54) is 5.56 Å². The minimum absolute atomic E-state index is 0.245. The van der Waals surface area contributed by atoms with Gasteiger partial charge in [-0.15, -0.1) is 0 Å². The number of rotatable bonds is 1. The first kappa shape index (κ1) is 10.7. The molecule has 0 N–H and O–H groups in total. The highest BCUT2D eigenvalue weighted by atomic mass is 79.9. The average molecular weight is 268 g/mol. The molecule has 1 aliphatic heterocycles. The van der Waals surface area contributed by atoms with Crippen LogP contribution in [0.2, 0.25) is 0 Å². The molecule has 0 saturated heterocycles. The van der Waals surface area contributed by atoms with E-state index >= 15 is 0 Å². The smallest absolute Gasteiger partial charge is 0.226 e. The Morgan fingerprint density at radius 3 is 2.93 bits per heavy atom. The summed E-state index contributed by atoms with van der Waals surface area (Å²) < 4.78 is 1.04. The summed E-state index contributed by atoms with van der Waals surface area (Å²) >= 11 is 3.45. The number of anilines is 1. The molecular weight excluding hydrogens is 254 g/mol. The average Bonchev–Trinajstić information content (AvgIpc) is 2.36. The molecular formula is C12H14BrNO. The third-order valence-electron chi connectivity index (χ3n) is 2.79. The Morgan fingerprint density at radius 2 is 2.20 bits per heavy atom. The lowest BCUT2D eigenvalue weighted by Crippen LogP contribution is -2.29. The first-order valence-electron chi connectivity index (χ1n) is 5.31. The van der Waals surface area contributed by atoms with E-state index in [0.29, 0.717) is 6.42 Å². The molecule has 0 aliphatic carbocycles. The predicted molar refractivity (Wildman–Crippen MR) is 65.1 cm³/mol. The van der Waals surface area contributed by atoms with Crippen LogP contribution in [0.5, 0.6) is 0 Å². The number of carbonyl (C=O) groups excluding carboxylic acids is 1. The van der Waals surface area contributed by atoms with E-state index in [-0.39, 0.29) is 5.91 Å². The van der Waals surface area contributed by atoms with Gasteiger partial charge in [0.25, 0.3) is 0 Å². The summed E-state index contributed by atoms with van der Waals surface area (Å²) in [6.07, 6.45) is 2.63. The van der Waals surface area contributed by atoms with Crippen LogP contribution >= 0.6 is 15.9 Å². The van der Waals surface area contributed by atoms with Crippen LogP contribution in [-0.2, 0) is 11.2 Å². The first-order chi connectivity index (χ1) is 7.22. The third-order valence-corrected chi connectivity index (χ3v) is 3.29. The number of hydrogen-bond acceptors (Lipinski definition) is 1. The molecule has 1 aromatic carbocycles. The van der Waals surface area contributed by atoms with Crippen molar-refractivity contribution in [1.29, 1.82) is 0 Å². The summed E-state index contributed by atoms with van der Waals surface area (Å²) in [5, 5.41) is 0. The van der Waals surface area contributed by atoms with E-state index in [2.05, 4.69) is 22.0 Å². The van der Waals surface area contributed by atoms with Crippen molar-refractivity contribution >= 4 is 27.5 Å². The van der Waals surface area contributed by atoms with Crippen LogP contribution in [0.25, 0.3) is 0 Å². The summed E-state index contributed by atoms with van der Waals surface area (Å²) in [6.45, 7) is 2.77. The monoisotopic (exact) mass is 267 g/mol. The van der Waals surface area contributed by atoms with Crippen LogP contribution < -0.4 is 4.90 Å². The molecule has 3 heteroatoms. The highest BCUT2D eigenvalue weighted by Crippen LogP contribution is 2.29. The molecule has 15 heavy (non-hydrogen) atoms. The normalized spacial score (nSPS) is 16.1. The number of fused-ring (bicyclic) bond motifs is 1. The summed E-state index contributed by atoms with van der Waals surface area (Å²) in [4.78, 5) is 13.7. The summed E-state index contributed by atoms with van der Waals surface area (Å²) in [7, 11) is 0. The number of benzene rings is 1. The number of halogens is 1. The molecule has 0 fully saturated rings. The molecule has 1 heterocycles. The van der Waals surface area contributed by atoms with E-state index in [9.17, 15) is 4.79 Å². The van der Waals surface area contributed by atoms with Gasteiger partial charge in [0.05, 0.1) is 0 Å². The molecule has 0 atom stereocenters. The van der Waals surface area contributed by atoms with Crippen LogP contribution in [0.4, 0.5) is 5.69 Å². The maximum atomic E-state index is 11.8. The van der Waals surface area contributed by atoms with Crippen molar-refractivity contribution in [2.45, 2.75) is 26.2 Å². The highest BCUT2D eigenvalue weighted by molar-refractivity contribution is 9.10. The van der Waals surface area contributed by atoms with E-state index in [0.717, 1.165) is 29.5 Å². The minimum atomic E-state index is 0.245. The molecule has 0 radical (unpaired) electrons. The van der Waals surface area contributed by atoms with Gasteiger partial charge < -0.3 is 4.90 Å². The number of amides is 1. The van der Waals surface area contributed by atoms with Crippen molar-refractivity contribution in [2.24, 2.45) is 0 Å². The Kier molecular flexibility index (Phi) is 3.10. The SMILES string of the molecule is CCN1C(=O)CCCc2ccc(Br)cc21. The summed E-state index contributed by atoms with van der Waals surface area (Å²) in [6, 6.07) is 6.20. The third kappa shape index (κ3) is 2.07. The second-order valence-electron chi connectivity index (χ2n) is 3.76. The van der Waals surface area contributed by atoms with Gasteiger partial charge >= 0.3 is 0 Å². The molecule has 1 amide bonds. The standard InChI is InChI=1S/C12H14BrNO/c1-2-14-11-8-10(13)7-6-9(11)4-3-5-12(14)15/h6-8H,2-5H2,1H3. The van der Waals surface area contributed by atoms with Gasteiger partial charge in [0.2, 0.25) is 5.91 Å². The number of aryl methyl sites for hydroxylation is 1. The fourth-order valence-electron chi connectivity index (χ4n) is 2.05. The second-order valence-corrected chi connectivity index (χ2v) is 4.68. The van der Waals surface area contributed by atoms with Crippen molar-refractivity contribution in [2.75, 3.05) is 11.4 Å². The molecule has 1 aromatic rings. The summed E-state index contributed by atoms with van der Waals surface area (Å²) in [5.41, 5.74) is 2.36. The van der Waals surface area contributed by atoms with Gasteiger partial charge in [-0.2, -0.15) is 0 Å². The zero-order chi connectivity index (χ0) is 10.8. The predicted octanol–water partition coefficient (Wildman–Crippen LogP) is 3.14. The van der Waals surface area contributed by atoms with Crippen LogP contribution in [0.1, 0.15) is 25.3 Å². The number of carbonyl (C=O) groups is 1. The van der Waals surface area contributed by atoms with Crippen LogP contribution in [-0.4, -0.2) is 12.5 Å². The Balaban J connectivity index is 2.49. The van der Waals surface area contributed by atoms with E-state index in [4.69, 9.17) is 0 Å². The minimum Gasteiger partial charge on any atom is -0.312 e. The fourth-order valence-corrected chi connectivity index (χ4v) is 2.39. The van der Waals surface area contributed by atoms with Crippen molar-refractivity contribution in [3.8, 4) is 0 Å². The van der Waals surface area contributed by atoms with Gasteiger partial charge in [-0.3, -0.25) is 4.79 Å². The van der Waals surface area contributed by atoms with Gasteiger partial charge in [-0.1, -0.05) is 22.0 Å². The van der Waals surface area contributed by atoms with E-state index < -0.39 is 0 Å². The second kappa shape index (κ2) is 4.35. The lowest BCUT2D eigenvalue weighted by Gasteiger charge is -2.21. The van der Waals surface area contributed by atoms with Gasteiger partial charge in [-0.25, -0.2) is 0 Å². The van der Waals surface area contributed by atoms with Gasteiger partial charge in [0.1, 0.15) is 0 Å². The molecule has 2 nitrogen and oxygen atoms in total. The fraction of sp³-hybridized carbons (Fsp3) is 0.417. The Morgan fingerprint density at radius 1 is 1.40 bits per heavy atom. The molecule has 80 valence electrons. The van der Waals surface area contributed by atoms with E-state index in [1.807, 2.05) is 24.0 Å². The molecule has 0 saturated carbocycles. The first-order valence-corrected chi connectivity index (χ1v) is 6.10. The Hall–Kier alpha value is -0.830. The molecule has 0 bridgehead atoms. The highest BCUT2D eigenvalue weighted by Gasteiger charge is 2.20. The van der Waals surface area contributed by atoms with Gasteiger partial charge in [-0.05, 0) is 37.5 Å².